The summed E-state index contributed by atoms with van der Waals surface area (Å²) in [6, 6.07) is 7.82. The van der Waals surface area contributed by atoms with Crippen molar-refractivity contribution < 1.29 is 0 Å². The third kappa shape index (κ3) is 2.08. The zero-order chi connectivity index (χ0) is 13.2. The highest BCUT2D eigenvalue weighted by Gasteiger charge is 2.12. The molecular weight excluding hydrogens is 240 g/mol. The van der Waals surface area contributed by atoms with Crippen molar-refractivity contribution in [2.75, 3.05) is 11.1 Å². The number of hydrogen-bond acceptors (Lipinski definition) is 5. The van der Waals surface area contributed by atoms with E-state index >= 15 is 0 Å². The van der Waals surface area contributed by atoms with E-state index in [0.717, 1.165) is 22.6 Å². The maximum atomic E-state index is 5.97. The van der Waals surface area contributed by atoms with Crippen molar-refractivity contribution in [3.8, 4) is 0 Å². The monoisotopic (exact) mass is 254 g/mol. The predicted octanol–water partition coefficient (Wildman–Crippen LogP) is 2.11. The maximum absolute atomic E-state index is 5.97. The summed E-state index contributed by atoms with van der Waals surface area (Å²) in [5.41, 5.74) is 9.21. The van der Waals surface area contributed by atoms with E-state index in [1.165, 1.54) is 6.33 Å². The lowest BCUT2D eigenvalue weighted by Crippen LogP contribution is -2.10. The topological polar surface area (TPSA) is 92.5 Å². The number of aromatic amines is 1. The minimum Gasteiger partial charge on any atom is -0.398 e. The molecule has 1 unspecified atom stereocenters. The molecule has 0 aliphatic heterocycles. The summed E-state index contributed by atoms with van der Waals surface area (Å²) in [4.78, 5) is 15.5. The van der Waals surface area contributed by atoms with Crippen molar-refractivity contribution in [1.82, 2.24) is 19.9 Å². The molecule has 1 aromatic carbocycles. The number of benzene rings is 1. The molecule has 19 heavy (non-hydrogen) atoms. The van der Waals surface area contributed by atoms with Gasteiger partial charge < -0.3 is 16.0 Å². The summed E-state index contributed by atoms with van der Waals surface area (Å²) in [6.45, 7) is 2.04. The van der Waals surface area contributed by atoms with Crippen LogP contribution in [0.15, 0.2) is 36.9 Å². The van der Waals surface area contributed by atoms with Gasteiger partial charge in [-0.05, 0) is 18.6 Å². The molecule has 6 nitrogen and oxygen atoms in total. The second kappa shape index (κ2) is 4.56. The number of nitrogens with two attached hydrogens (primary N) is 1. The van der Waals surface area contributed by atoms with Crippen LogP contribution in [0, 0.1) is 0 Å². The molecule has 4 N–H and O–H groups in total. The van der Waals surface area contributed by atoms with Gasteiger partial charge in [0, 0.05) is 5.69 Å². The SMILES string of the molecule is CC(Nc1ncnc2nc[nH]c12)c1ccccc1N. The zero-order valence-corrected chi connectivity index (χ0v) is 10.5. The average molecular weight is 254 g/mol. The number of para-hydroxylation sites is 1. The van der Waals surface area contributed by atoms with Crippen LogP contribution in [0.3, 0.4) is 0 Å². The number of aromatic nitrogens is 4. The second-order valence-electron chi connectivity index (χ2n) is 4.32. The Morgan fingerprint density at radius 2 is 2.05 bits per heavy atom. The van der Waals surface area contributed by atoms with E-state index in [2.05, 4.69) is 25.3 Å². The van der Waals surface area contributed by atoms with Gasteiger partial charge in [-0.2, -0.15) is 0 Å². The number of nitrogen functional groups attached to an aromatic ring is 1. The van der Waals surface area contributed by atoms with Gasteiger partial charge in [-0.15, -0.1) is 0 Å². The van der Waals surface area contributed by atoms with Crippen molar-refractivity contribution in [2.45, 2.75) is 13.0 Å². The Morgan fingerprint density at radius 1 is 1.21 bits per heavy atom. The highest BCUT2D eigenvalue weighted by Crippen LogP contribution is 2.25. The first-order valence-corrected chi connectivity index (χ1v) is 6.00. The first-order chi connectivity index (χ1) is 9.25. The van der Waals surface area contributed by atoms with Gasteiger partial charge in [0.15, 0.2) is 11.5 Å². The fraction of sp³-hybridized carbons (Fsp3) is 0.154. The molecule has 2 heterocycles. The third-order valence-electron chi connectivity index (χ3n) is 3.04. The van der Waals surface area contributed by atoms with Crippen LogP contribution >= 0.6 is 0 Å². The molecule has 0 spiro atoms. The molecule has 0 radical (unpaired) electrons. The molecular formula is C13H14N6. The molecule has 0 saturated heterocycles. The van der Waals surface area contributed by atoms with Gasteiger partial charge in [0.25, 0.3) is 0 Å². The molecule has 0 fully saturated rings. The van der Waals surface area contributed by atoms with Gasteiger partial charge in [0.1, 0.15) is 11.8 Å². The van der Waals surface area contributed by atoms with E-state index in [-0.39, 0.29) is 6.04 Å². The smallest absolute Gasteiger partial charge is 0.182 e. The summed E-state index contributed by atoms with van der Waals surface area (Å²) in [5, 5.41) is 3.33. The fourth-order valence-corrected chi connectivity index (χ4v) is 2.06. The molecule has 6 heteroatoms. The lowest BCUT2D eigenvalue weighted by molar-refractivity contribution is 0.878. The first kappa shape index (κ1) is 11.5. The van der Waals surface area contributed by atoms with Crippen molar-refractivity contribution >= 4 is 22.7 Å². The number of rotatable bonds is 3. The Morgan fingerprint density at radius 3 is 2.89 bits per heavy atom. The molecule has 0 saturated carbocycles. The largest absolute Gasteiger partial charge is 0.398 e. The van der Waals surface area contributed by atoms with Crippen molar-refractivity contribution in [2.24, 2.45) is 0 Å². The van der Waals surface area contributed by atoms with Crippen LogP contribution < -0.4 is 11.1 Å². The summed E-state index contributed by atoms with van der Waals surface area (Å²) in [7, 11) is 0. The van der Waals surface area contributed by atoms with Gasteiger partial charge in [-0.3, -0.25) is 0 Å². The van der Waals surface area contributed by atoms with Crippen LogP contribution in [0.2, 0.25) is 0 Å². The van der Waals surface area contributed by atoms with Crippen molar-refractivity contribution in [3.63, 3.8) is 0 Å². The van der Waals surface area contributed by atoms with Gasteiger partial charge >= 0.3 is 0 Å². The number of fused-ring (bicyclic) bond motifs is 1. The second-order valence-corrected chi connectivity index (χ2v) is 4.32. The molecule has 0 amide bonds. The van der Waals surface area contributed by atoms with E-state index in [0.29, 0.717) is 5.65 Å². The number of hydrogen-bond donors (Lipinski definition) is 3. The number of nitrogens with zero attached hydrogens (tertiary/aromatic N) is 3. The number of nitrogens with one attached hydrogen (secondary N) is 2. The average Bonchev–Trinajstić information content (AvgIpc) is 2.88. The van der Waals surface area contributed by atoms with Gasteiger partial charge in [0.2, 0.25) is 0 Å². The highest BCUT2D eigenvalue weighted by atomic mass is 15.1. The summed E-state index contributed by atoms with van der Waals surface area (Å²) >= 11 is 0. The Kier molecular flexibility index (Phi) is 2.75. The van der Waals surface area contributed by atoms with E-state index in [4.69, 9.17) is 5.73 Å². The standard InChI is InChI=1S/C13H14N6/c1-8(9-4-2-3-5-10(9)14)19-13-11-12(16-6-15-11)17-7-18-13/h2-8H,14H2,1H3,(H2,15,16,17,18,19). The maximum Gasteiger partial charge on any atom is 0.182 e. The molecule has 1 atom stereocenters. The quantitative estimate of drug-likeness (QED) is 0.622. The Bertz CT molecular complexity index is 705. The van der Waals surface area contributed by atoms with Crippen LogP contribution in [-0.2, 0) is 0 Å². The minimum absolute atomic E-state index is 0.0441. The first-order valence-electron chi connectivity index (χ1n) is 6.00. The molecule has 2 aromatic heterocycles. The van der Waals surface area contributed by atoms with E-state index < -0.39 is 0 Å². The van der Waals surface area contributed by atoms with E-state index in [1.807, 2.05) is 31.2 Å². The van der Waals surface area contributed by atoms with Crippen molar-refractivity contribution in [3.05, 3.63) is 42.5 Å². The summed E-state index contributed by atoms with van der Waals surface area (Å²) in [6.07, 6.45) is 3.10. The van der Waals surface area contributed by atoms with Gasteiger partial charge in [0.05, 0.1) is 12.4 Å². The zero-order valence-electron chi connectivity index (χ0n) is 10.5. The summed E-state index contributed by atoms with van der Waals surface area (Å²) < 4.78 is 0. The normalized spacial score (nSPS) is 12.5. The Labute approximate surface area is 110 Å². The third-order valence-corrected chi connectivity index (χ3v) is 3.04. The molecule has 96 valence electrons. The number of H-pyrrole nitrogens is 1. The van der Waals surface area contributed by atoms with E-state index in [1.54, 1.807) is 6.33 Å². The fourth-order valence-electron chi connectivity index (χ4n) is 2.06. The predicted molar refractivity (Wildman–Crippen MR) is 74.6 cm³/mol. The van der Waals surface area contributed by atoms with Gasteiger partial charge in [-0.1, -0.05) is 18.2 Å². The van der Waals surface area contributed by atoms with Crippen LogP contribution in [0.1, 0.15) is 18.5 Å². The minimum atomic E-state index is 0.0441. The Balaban J connectivity index is 1.93. The van der Waals surface area contributed by atoms with Crippen molar-refractivity contribution in [1.29, 1.82) is 0 Å². The summed E-state index contributed by atoms with van der Waals surface area (Å²) in [5.74, 6) is 0.721. The molecule has 0 aliphatic carbocycles. The molecule has 3 rings (SSSR count). The molecule has 3 aromatic rings. The number of anilines is 2. The highest BCUT2D eigenvalue weighted by molar-refractivity contribution is 5.82. The van der Waals surface area contributed by atoms with Gasteiger partial charge in [-0.25, -0.2) is 15.0 Å². The molecule has 0 bridgehead atoms. The van der Waals surface area contributed by atoms with Crippen LogP contribution in [0.4, 0.5) is 11.5 Å². The van der Waals surface area contributed by atoms with Crippen LogP contribution in [0.5, 0.6) is 0 Å². The van der Waals surface area contributed by atoms with Crippen LogP contribution in [-0.4, -0.2) is 19.9 Å². The van der Waals surface area contributed by atoms with Crippen LogP contribution in [0.25, 0.3) is 11.2 Å². The van der Waals surface area contributed by atoms with E-state index in [9.17, 15) is 0 Å². The Hall–Kier alpha value is -2.63. The lowest BCUT2D eigenvalue weighted by Gasteiger charge is -2.16. The number of imidazole rings is 1. The molecule has 0 aliphatic rings. The lowest BCUT2D eigenvalue weighted by atomic mass is 10.1.